The molecule has 0 aliphatic rings. The predicted octanol–water partition coefficient (Wildman–Crippen LogP) is 3.18. The summed E-state index contributed by atoms with van der Waals surface area (Å²) >= 11 is 0. The molecule has 0 unspecified atom stereocenters. The molecule has 0 atom stereocenters. The summed E-state index contributed by atoms with van der Waals surface area (Å²) in [4.78, 5) is 15.8. The number of hydrogen-bond acceptors (Lipinski definition) is 5. The number of nitrogens with zero attached hydrogens (tertiary/aromatic N) is 4. The van der Waals surface area contributed by atoms with E-state index in [1.807, 2.05) is 54.6 Å². The van der Waals surface area contributed by atoms with E-state index in [0.29, 0.717) is 5.82 Å². The largest absolute Gasteiger partial charge is 0.369 e. The van der Waals surface area contributed by atoms with Crippen LogP contribution in [-0.2, 0) is 0 Å². The van der Waals surface area contributed by atoms with Gasteiger partial charge in [-0.2, -0.15) is 0 Å². The Balaban J connectivity index is 1.96. The van der Waals surface area contributed by atoms with Crippen molar-refractivity contribution in [2.24, 2.45) is 0 Å². The molecular formula is C19H21N5. The van der Waals surface area contributed by atoms with Crippen LogP contribution in [-0.4, -0.2) is 47.0 Å². The van der Waals surface area contributed by atoms with E-state index in [1.54, 1.807) is 6.20 Å². The molecule has 0 amide bonds. The molecule has 0 aliphatic carbocycles. The van der Waals surface area contributed by atoms with E-state index in [9.17, 15) is 0 Å². The van der Waals surface area contributed by atoms with Gasteiger partial charge in [0.25, 0.3) is 0 Å². The van der Waals surface area contributed by atoms with Crippen LogP contribution >= 0.6 is 0 Å². The van der Waals surface area contributed by atoms with Gasteiger partial charge in [-0.15, -0.1) is 0 Å². The fraction of sp³-hybridized carbons (Fsp3) is 0.211. The molecule has 3 rings (SSSR count). The molecule has 122 valence electrons. The molecule has 0 spiro atoms. The number of anilines is 1. The molecule has 3 aromatic rings. The van der Waals surface area contributed by atoms with Crippen molar-refractivity contribution in [2.75, 3.05) is 32.5 Å². The van der Waals surface area contributed by atoms with Gasteiger partial charge in [0.2, 0.25) is 0 Å². The van der Waals surface area contributed by atoms with Crippen molar-refractivity contribution in [3.63, 3.8) is 0 Å². The standard InChI is InChI=1S/C19H21N5/c1-24(2)13-12-21-18-14-17(15-8-4-3-5-9-15)22-19(23-18)16-10-6-7-11-20-16/h3-11,14H,12-13H2,1-2H3,(H,21,22,23). The number of hydrogen-bond donors (Lipinski definition) is 1. The molecule has 0 saturated carbocycles. The van der Waals surface area contributed by atoms with Crippen molar-refractivity contribution in [1.82, 2.24) is 19.9 Å². The number of pyridine rings is 1. The lowest BCUT2D eigenvalue weighted by Gasteiger charge is -2.12. The van der Waals surface area contributed by atoms with E-state index in [0.717, 1.165) is 35.9 Å². The number of likely N-dealkylation sites (N-methyl/N-ethyl adjacent to an activating group) is 1. The monoisotopic (exact) mass is 319 g/mol. The second kappa shape index (κ2) is 7.66. The second-order valence-corrected chi connectivity index (χ2v) is 5.77. The van der Waals surface area contributed by atoms with E-state index in [-0.39, 0.29) is 0 Å². The first-order valence-corrected chi connectivity index (χ1v) is 7.97. The third-order valence-electron chi connectivity index (χ3n) is 3.55. The summed E-state index contributed by atoms with van der Waals surface area (Å²) in [5.41, 5.74) is 2.72. The Kier molecular flexibility index (Phi) is 5.13. The number of rotatable bonds is 6. The summed E-state index contributed by atoms with van der Waals surface area (Å²) in [6.07, 6.45) is 1.76. The van der Waals surface area contributed by atoms with E-state index in [2.05, 4.69) is 34.3 Å². The van der Waals surface area contributed by atoms with Crippen molar-refractivity contribution in [1.29, 1.82) is 0 Å². The average molecular weight is 319 g/mol. The minimum atomic E-state index is 0.629. The zero-order valence-electron chi connectivity index (χ0n) is 14.0. The molecule has 1 N–H and O–H groups in total. The Morgan fingerprint density at radius 2 is 1.71 bits per heavy atom. The van der Waals surface area contributed by atoms with Gasteiger partial charge in [-0.3, -0.25) is 4.98 Å². The Bertz CT molecular complexity index is 715. The maximum absolute atomic E-state index is 4.69. The molecule has 5 heteroatoms. The Labute approximate surface area is 142 Å². The molecule has 0 saturated heterocycles. The van der Waals surface area contributed by atoms with Gasteiger partial charge in [0.1, 0.15) is 11.5 Å². The van der Waals surface area contributed by atoms with Crippen LogP contribution in [0.1, 0.15) is 0 Å². The van der Waals surface area contributed by atoms with Gasteiger partial charge < -0.3 is 10.2 Å². The minimum absolute atomic E-state index is 0.629. The van der Waals surface area contributed by atoms with Gasteiger partial charge in [0.05, 0.1) is 5.69 Å². The smallest absolute Gasteiger partial charge is 0.180 e. The summed E-state index contributed by atoms with van der Waals surface area (Å²) in [5, 5.41) is 3.38. The van der Waals surface area contributed by atoms with Crippen LogP contribution in [0.5, 0.6) is 0 Å². The summed E-state index contributed by atoms with van der Waals surface area (Å²) < 4.78 is 0. The van der Waals surface area contributed by atoms with Crippen LogP contribution < -0.4 is 5.32 Å². The third kappa shape index (κ3) is 4.14. The zero-order chi connectivity index (χ0) is 16.8. The van der Waals surface area contributed by atoms with Gasteiger partial charge in [-0.05, 0) is 26.2 Å². The van der Waals surface area contributed by atoms with Crippen LogP contribution in [0.15, 0.2) is 60.8 Å². The molecule has 0 radical (unpaired) electrons. The van der Waals surface area contributed by atoms with Crippen molar-refractivity contribution < 1.29 is 0 Å². The lowest BCUT2D eigenvalue weighted by atomic mass is 10.1. The Morgan fingerprint density at radius 1 is 0.917 bits per heavy atom. The first-order chi connectivity index (χ1) is 11.7. The van der Waals surface area contributed by atoms with E-state index in [4.69, 9.17) is 4.98 Å². The normalized spacial score (nSPS) is 10.8. The van der Waals surface area contributed by atoms with Crippen molar-refractivity contribution in [3.8, 4) is 22.8 Å². The summed E-state index contributed by atoms with van der Waals surface area (Å²) in [7, 11) is 4.10. The highest BCUT2D eigenvalue weighted by Gasteiger charge is 2.09. The third-order valence-corrected chi connectivity index (χ3v) is 3.55. The second-order valence-electron chi connectivity index (χ2n) is 5.77. The highest BCUT2D eigenvalue weighted by Crippen LogP contribution is 2.23. The molecule has 2 aromatic heterocycles. The molecule has 2 heterocycles. The predicted molar refractivity (Wildman–Crippen MR) is 97.7 cm³/mol. The lowest BCUT2D eigenvalue weighted by molar-refractivity contribution is 0.425. The highest BCUT2D eigenvalue weighted by atomic mass is 15.1. The average Bonchev–Trinajstić information content (AvgIpc) is 2.63. The molecule has 5 nitrogen and oxygen atoms in total. The maximum atomic E-state index is 4.69. The van der Waals surface area contributed by atoms with Gasteiger partial charge in [0.15, 0.2) is 5.82 Å². The first kappa shape index (κ1) is 16.1. The summed E-state index contributed by atoms with van der Waals surface area (Å²) in [6, 6.07) is 17.9. The highest BCUT2D eigenvalue weighted by molar-refractivity contribution is 5.66. The van der Waals surface area contributed by atoms with E-state index in [1.165, 1.54) is 0 Å². The van der Waals surface area contributed by atoms with E-state index >= 15 is 0 Å². The topological polar surface area (TPSA) is 53.9 Å². The molecule has 0 fully saturated rings. The minimum Gasteiger partial charge on any atom is -0.369 e. The molecule has 0 aliphatic heterocycles. The summed E-state index contributed by atoms with van der Waals surface area (Å²) in [6.45, 7) is 1.75. The SMILES string of the molecule is CN(C)CCNc1cc(-c2ccccc2)nc(-c2ccccn2)n1. The van der Waals surface area contributed by atoms with Crippen molar-refractivity contribution in [2.45, 2.75) is 0 Å². The van der Waals surface area contributed by atoms with Gasteiger partial charge in [0, 0.05) is 30.9 Å². The van der Waals surface area contributed by atoms with E-state index < -0.39 is 0 Å². The maximum Gasteiger partial charge on any atom is 0.180 e. The van der Waals surface area contributed by atoms with Crippen molar-refractivity contribution >= 4 is 5.82 Å². The molecule has 0 bridgehead atoms. The Hall–Kier alpha value is -2.79. The number of nitrogens with one attached hydrogen (secondary N) is 1. The fourth-order valence-corrected chi connectivity index (χ4v) is 2.31. The van der Waals surface area contributed by atoms with Crippen LogP contribution in [0.3, 0.4) is 0 Å². The molecular weight excluding hydrogens is 298 g/mol. The zero-order valence-corrected chi connectivity index (χ0v) is 14.0. The molecule has 24 heavy (non-hydrogen) atoms. The van der Waals surface area contributed by atoms with Crippen LogP contribution in [0.2, 0.25) is 0 Å². The Morgan fingerprint density at radius 3 is 2.42 bits per heavy atom. The molecule has 1 aromatic carbocycles. The number of aromatic nitrogens is 3. The van der Waals surface area contributed by atoms with Crippen LogP contribution in [0.4, 0.5) is 5.82 Å². The summed E-state index contributed by atoms with van der Waals surface area (Å²) in [5.74, 6) is 1.44. The first-order valence-electron chi connectivity index (χ1n) is 7.97. The number of benzene rings is 1. The van der Waals surface area contributed by atoms with Gasteiger partial charge >= 0.3 is 0 Å². The lowest BCUT2D eigenvalue weighted by Crippen LogP contribution is -2.21. The quantitative estimate of drug-likeness (QED) is 0.756. The van der Waals surface area contributed by atoms with Crippen LogP contribution in [0.25, 0.3) is 22.8 Å². The van der Waals surface area contributed by atoms with Gasteiger partial charge in [-0.1, -0.05) is 36.4 Å². The fourth-order valence-electron chi connectivity index (χ4n) is 2.31. The van der Waals surface area contributed by atoms with Crippen LogP contribution in [0, 0.1) is 0 Å². The van der Waals surface area contributed by atoms with Crippen molar-refractivity contribution in [3.05, 3.63) is 60.8 Å². The van der Waals surface area contributed by atoms with Gasteiger partial charge in [-0.25, -0.2) is 9.97 Å².